The molecule has 0 radical (unpaired) electrons. The zero-order chi connectivity index (χ0) is 15.1. The van der Waals surface area contributed by atoms with Crippen LogP contribution in [0.15, 0.2) is 18.2 Å². The lowest BCUT2D eigenvalue weighted by molar-refractivity contribution is 0.238. The van der Waals surface area contributed by atoms with Gasteiger partial charge in [0.2, 0.25) is 0 Å². The van der Waals surface area contributed by atoms with E-state index >= 15 is 0 Å². The highest BCUT2D eigenvalue weighted by atomic mass is 16.5. The zero-order valence-electron chi connectivity index (χ0n) is 13.5. The molecular weight excluding hydrogens is 264 g/mol. The fraction of sp³-hybridized carbons (Fsp3) is 0.647. The molecule has 1 unspecified atom stereocenters. The van der Waals surface area contributed by atoms with Gasteiger partial charge in [0.15, 0.2) is 0 Å². The third-order valence-corrected chi connectivity index (χ3v) is 4.06. The molecule has 0 bridgehead atoms. The van der Waals surface area contributed by atoms with Gasteiger partial charge < -0.3 is 14.8 Å². The molecule has 1 aliphatic rings. The van der Waals surface area contributed by atoms with Crippen molar-refractivity contribution < 1.29 is 9.47 Å². The van der Waals surface area contributed by atoms with Crippen LogP contribution in [0.3, 0.4) is 0 Å². The molecule has 118 valence electrons. The summed E-state index contributed by atoms with van der Waals surface area (Å²) in [6.07, 6.45) is 3.75. The number of nitrogens with zero attached hydrogens (tertiary/aromatic N) is 1. The monoisotopic (exact) mass is 292 g/mol. The Morgan fingerprint density at radius 2 is 2.14 bits per heavy atom. The molecule has 1 aliphatic heterocycles. The van der Waals surface area contributed by atoms with E-state index in [0.717, 1.165) is 37.7 Å². The molecule has 1 saturated heterocycles. The third-order valence-electron chi connectivity index (χ3n) is 4.06. The van der Waals surface area contributed by atoms with E-state index in [2.05, 4.69) is 23.2 Å². The summed E-state index contributed by atoms with van der Waals surface area (Å²) in [7, 11) is 3.44. The zero-order valence-corrected chi connectivity index (χ0v) is 13.5. The Balaban J connectivity index is 2.07. The van der Waals surface area contributed by atoms with E-state index in [0.29, 0.717) is 6.04 Å². The Morgan fingerprint density at radius 3 is 2.76 bits per heavy atom. The summed E-state index contributed by atoms with van der Waals surface area (Å²) in [5, 5.41) is 3.58. The maximum absolute atomic E-state index is 5.50. The predicted molar refractivity (Wildman–Crippen MR) is 86.1 cm³/mol. The van der Waals surface area contributed by atoms with Crippen molar-refractivity contribution in [3.63, 3.8) is 0 Å². The second-order valence-corrected chi connectivity index (χ2v) is 5.71. The van der Waals surface area contributed by atoms with Crippen LogP contribution < -0.4 is 14.8 Å². The molecule has 1 atom stereocenters. The lowest BCUT2D eigenvalue weighted by atomic mass is 10.1. The van der Waals surface area contributed by atoms with Gasteiger partial charge in [-0.3, -0.25) is 4.90 Å². The summed E-state index contributed by atoms with van der Waals surface area (Å²) in [6.45, 7) is 6.52. The molecule has 1 heterocycles. The number of nitrogens with one attached hydrogen (secondary N) is 1. The molecule has 4 heteroatoms. The molecule has 0 spiro atoms. The van der Waals surface area contributed by atoms with Crippen LogP contribution in [0.1, 0.15) is 31.7 Å². The first kappa shape index (κ1) is 16.1. The van der Waals surface area contributed by atoms with E-state index < -0.39 is 0 Å². The quantitative estimate of drug-likeness (QED) is 0.799. The highest BCUT2D eigenvalue weighted by Gasteiger charge is 2.18. The summed E-state index contributed by atoms with van der Waals surface area (Å²) < 4.78 is 10.8. The van der Waals surface area contributed by atoms with Crippen LogP contribution >= 0.6 is 0 Å². The van der Waals surface area contributed by atoms with Crippen LogP contribution in [0, 0.1) is 0 Å². The van der Waals surface area contributed by atoms with E-state index in [9.17, 15) is 0 Å². The fourth-order valence-electron chi connectivity index (χ4n) is 3.02. The van der Waals surface area contributed by atoms with Gasteiger partial charge in [-0.15, -0.1) is 0 Å². The molecule has 2 rings (SSSR count). The molecular formula is C17H28N2O2. The standard InChI is InChI=1S/C17H28N2O2/c1-4-10-19(13-15-6-5-9-18-15)12-14-11-16(20-2)7-8-17(14)21-3/h7-8,11,15,18H,4-6,9-10,12-13H2,1-3H3. The minimum absolute atomic E-state index is 0.633. The van der Waals surface area contributed by atoms with E-state index in [-0.39, 0.29) is 0 Å². The largest absolute Gasteiger partial charge is 0.497 e. The Labute approximate surface area is 128 Å². The van der Waals surface area contributed by atoms with Gasteiger partial charge in [-0.05, 0) is 50.6 Å². The molecule has 1 aromatic rings. The van der Waals surface area contributed by atoms with Crippen LogP contribution in [0.4, 0.5) is 0 Å². The molecule has 0 saturated carbocycles. The van der Waals surface area contributed by atoms with Crippen LogP contribution in [0.25, 0.3) is 0 Å². The van der Waals surface area contributed by atoms with Crippen molar-refractivity contribution in [1.29, 1.82) is 0 Å². The van der Waals surface area contributed by atoms with Crippen molar-refractivity contribution in [2.45, 2.75) is 38.8 Å². The number of rotatable bonds is 8. The highest BCUT2D eigenvalue weighted by molar-refractivity contribution is 5.40. The number of methoxy groups -OCH3 is 2. The highest BCUT2D eigenvalue weighted by Crippen LogP contribution is 2.25. The summed E-state index contributed by atoms with van der Waals surface area (Å²) >= 11 is 0. The van der Waals surface area contributed by atoms with Crippen molar-refractivity contribution in [1.82, 2.24) is 10.2 Å². The van der Waals surface area contributed by atoms with Crippen LogP contribution in [0.5, 0.6) is 11.5 Å². The minimum atomic E-state index is 0.633. The topological polar surface area (TPSA) is 33.7 Å². The molecule has 21 heavy (non-hydrogen) atoms. The number of hydrogen-bond donors (Lipinski definition) is 1. The Bertz CT molecular complexity index is 431. The van der Waals surface area contributed by atoms with Crippen LogP contribution in [-0.4, -0.2) is 44.8 Å². The van der Waals surface area contributed by atoms with Gasteiger partial charge in [0.25, 0.3) is 0 Å². The average molecular weight is 292 g/mol. The van der Waals surface area contributed by atoms with E-state index in [1.165, 1.54) is 24.8 Å². The van der Waals surface area contributed by atoms with Gasteiger partial charge in [0, 0.05) is 24.7 Å². The Kier molecular flexibility index (Phi) is 6.33. The van der Waals surface area contributed by atoms with Crippen molar-refractivity contribution in [2.75, 3.05) is 33.9 Å². The third kappa shape index (κ3) is 4.61. The Morgan fingerprint density at radius 1 is 1.29 bits per heavy atom. The van der Waals surface area contributed by atoms with Gasteiger partial charge in [-0.1, -0.05) is 6.92 Å². The smallest absolute Gasteiger partial charge is 0.123 e. The molecule has 0 aliphatic carbocycles. The average Bonchev–Trinajstić information content (AvgIpc) is 3.00. The SMILES string of the molecule is CCCN(Cc1cc(OC)ccc1OC)CC1CCCN1. The first-order chi connectivity index (χ1) is 10.3. The van der Waals surface area contributed by atoms with Crippen LogP contribution in [0.2, 0.25) is 0 Å². The predicted octanol–water partition coefficient (Wildman–Crippen LogP) is 2.67. The number of ether oxygens (including phenoxy) is 2. The minimum Gasteiger partial charge on any atom is -0.497 e. The normalized spacial score (nSPS) is 18.2. The van der Waals surface area contributed by atoms with Gasteiger partial charge >= 0.3 is 0 Å². The second kappa shape index (κ2) is 8.25. The Hall–Kier alpha value is -1.26. The maximum Gasteiger partial charge on any atom is 0.123 e. The maximum atomic E-state index is 5.50. The summed E-state index contributed by atoms with van der Waals surface area (Å²) in [6, 6.07) is 6.66. The van der Waals surface area contributed by atoms with Crippen LogP contribution in [-0.2, 0) is 6.54 Å². The lowest BCUT2D eigenvalue weighted by Crippen LogP contribution is -2.37. The molecule has 1 aromatic carbocycles. The van der Waals surface area contributed by atoms with Crippen molar-refractivity contribution >= 4 is 0 Å². The molecule has 0 aromatic heterocycles. The summed E-state index contributed by atoms with van der Waals surface area (Å²) in [5.74, 6) is 1.83. The molecule has 0 amide bonds. The van der Waals surface area contributed by atoms with Crippen molar-refractivity contribution in [3.8, 4) is 11.5 Å². The van der Waals surface area contributed by atoms with Gasteiger partial charge in [0.1, 0.15) is 11.5 Å². The van der Waals surface area contributed by atoms with E-state index in [4.69, 9.17) is 9.47 Å². The molecule has 4 nitrogen and oxygen atoms in total. The fourth-order valence-corrected chi connectivity index (χ4v) is 3.02. The van der Waals surface area contributed by atoms with Gasteiger partial charge in [-0.25, -0.2) is 0 Å². The summed E-state index contributed by atoms with van der Waals surface area (Å²) in [4.78, 5) is 2.51. The van der Waals surface area contributed by atoms with E-state index in [1.54, 1.807) is 14.2 Å². The molecule has 1 N–H and O–H groups in total. The molecule has 1 fully saturated rings. The van der Waals surface area contributed by atoms with Gasteiger partial charge in [-0.2, -0.15) is 0 Å². The second-order valence-electron chi connectivity index (χ2n) is 5.71. The number of hydrogen-bond acceptors (Lipinski definition) is 4. The van der Waals surface area contributed by atoms with E-state index in [1.807, 2.05) is 12.1 Å². The first-order valence-corrected chi connectivity index (χ1v) is 7.93. The number of benzene rings is 1. The van der Waals surface area contributed by atoms with Crippen molar-refractivity contribution in [3.05, 3.63) is 23.8 Å². The summed E-state index contributed by atoms with van der Waals surface area (Å²) in [5.41, 5.74) is 1.20. The van der Waals surface area contributed by atoms with Crippen molar-refractivity contribution in [2.24, 2.45) is 0 Å². The van der Waals surface area contributed by atoms with Gasteiger partial charge in [0.05, 0.1) is 14.2 Å². The first-order valence-electron chi connectivity index (χ1n) is 7.93. The lowest BCUT2D eigenvalue weighted by Gasteiger charge is -2.26.